The number of hydrogen-bond acceptors (Lipinski definition) is 4. The molecule has 0 spiro atoms. The summed E-state index contributed by atoms with van der Waals surface area (Å²) >= 11 is 0. The van der Waals surface area contributed by atoms with Gasteiger partial charge in [0.2, 0.25) is 5.91 Å². The number of para-hydroxylation sites is 1. The molecule has 7 nitrogen and oxygen atoms in total. The molecule has 0 fully saturated rings. The number of anilines is 1. The Labute approximate surface area is 178 Å². The molecule has 1 unspecified atom stereocenters. The number of carbonyl (C=O) groups excluding carboxylic acids is 1. The van der Waals surface area contributed by atoms with Crippen molar-refractivity contribution in [3.05, 3.63) is 59.7 Å². The first-order valence-corrected chi connectivity index (χ1v) is 10.2. The fraction of sp³-hybridized carbons (Fsp3) is 0.391. The van der Waals surface area contributed by atoms with Crippen LogP contribution in [0.25, 0.3) is 0 Å². The highest BCUT2D eigenvalue weighted by atomic mass is 16.5. The molecule has 2 aromatic carbocycles. The molecule has 2 aromatic rings. The van der Waals surface area contributed by atoms with Crippen molar-refractivity contribution >= 4 is 17.6 Å². The molecule has 0 aromatic heterocycles. The van der Waals surface area contributed by atoms with Crippen LogP contribution in [-0.4, -0.2) is 57.6 Å². The number of hydrogen-bond donors (Lipinski definition) is 3. The van der Waals surface area contributed by atoms with E-state index in [1.807, 2.05) is 50.5 Å². The van der Waals surface area contributed by atoms with Gasteiger partial charge in [-0.15, -0.1) is 0 Å². The lowest BCUT2D eigenvalue weighted by molar-refractivity contribution is -0.116. The summed E-state index contributed by atoms with van der Waals surface area (Å²) in [6.45, 7) is 2.80. The average Bonchev–Trinajstić information content (AvgIpc) is 2.73. The third kappa shape index (κ3) is 6.22. The average molecular weight is 410 g/mol. The van der Waals surface area contributed by atoms with E-state index in [9.17, 15) is 4.79 Å². The van der Waals surface area contributed by atoms with Crippen LogP contribution < -0.4 is 20.7 Å². The maximum absolute atomic E-state index is 12.0. The third-order valence-electron chi connectivity index (χ3n) is 5.01. The molecular weight excluding hydrogens is 378 g/mol. The fourth-order valence-corrected chi connectivity index (χ4v) is 3.40. The van der Waals surface area contributed by atoms with Crippen LogP contribution in [0.4, 0.5) is 5.69 Å². The maximum Gasteiger partial charge on any atom is 0.225 e. The molecule has 7 heteroatoms. The number of ether oxygens (including phenoxy) is 1. The van der Waals surface area contributed by atoms with Crippen molar-refractivity contribution < 1.29 is 9.53 Å². The van der Waals surface area contributed by atoms with Crippen LogP contribution in [0, 0.1) is 0 Å². The van der Waals surface area contributed by atoms with E-state index >= 15 is 0 Å². The molecule has 1 atom stereocenters. The summed E-state index contributed by atoms with van der Waals surface area (Å²) in [5, 5.41) is 9.63. The van der Waals surface area contributed by atoms with Crippen LogP contribution in [0.3, 0.4) is 0 Å². The molecule has 1 amide bonds. The number of likely N-dealkylation sites (N-methyl/N-ethyl adjacent to an activating group) is 1. The Hall–Kier alpha value is -3.06. The fourth-order valence-electron chi connectivity index (χ4n) is 3.40. The summed E-state index contributed by atoms with van der Waals surface area (Å²) in [7, 11) is 5.80. The second kappa shape index (κ2) is 10.6. The van der Waals surface area contributed by atoms with Crippen LogP contribution in [0.2, 0.25) is 0 Å². The summed E-state index contributed by atoms with van der Waals surface area (Å²) in [6.07, 6.45) is 0.466. The molecule has 1 heterocycles. The van der Waals surface area contributed by atoms with E-state index in [-0.39, 0.29) is 11.8 Å². The zero-order valence-corrected chi connectivity index (χ0v) is 17.9. The van der Waals surface area contributed by atoms with Gasteiger partial charge in [-0.05, 0) is 43.4 Å². The molecule has 1 aliphatic heterocycles. The number of amides is 1. The highest BCUT2D eigenvalue weighted by Gasteiger charge is 2.24. The minimum atomic E-state index is 0.0505. The number of carbonyl (C=O) groups is 1. The van der Waals surface area contributed by atoms with Crippen molar-refractivity contribution in [1.29, 1.82) is 0 Å². The first kappa shape index (κ1) is 21.6. The first-order valence-electron chi connectivity index (χ1n) is 10.2. The Kier molecular flexibility index (Phi) is 7.68. The highest BCUT2D eigenvalue weighted by molar-refractivity contribution is 5.94. The van der Waals surface area contributed by atoms with Crippen LogP contribution >= 0.6 is 0 Å². The molecule has 0 aliphatic carbocycles. The Balaban J connectivity index is 1.52. The summed E-state index contributed by atoms with van der Waals surface area (Å²) in [6, 6.07) is 16.0. The zero-order valence-electron chi connectivity index (χ0n) is 17.9. The summed E-state index contributed by atoms with van der Waals surface area (Å²) in [5.41, 5.74) is 3.17. The van der Waals surface area contributed by atoms with Crippen molar-refractivity contribution in [2.24, 2.45) is 4.99 Å². The summed E-state index contributed by atoms with van der Waals surface area (Å²) in [4.78, 5) is 18.4. The monoisotopic (exact) mass is 409 g/mol. The van der Waals surface area contributed by atoms with Crippen molar-refractivity contribution in [3.8, 4) is 5.75 Å². The predicted molar refractivity (Wildman–Crippen MR) is 121 cm³/mol. The summed E-state index contributed by atoms with van der Waals surface area (Å²) in [5.74, 6) is 1.73. The Bertz CT molecular complexity index is 881. The second-order valence-electron chi connectivity index (χ2n) is 7.64. The SMILES string of the molecule is CN=C(NCc1cccc(OCCN(C)C)c1)NCC1CC(=O)Nc2ccccc21. The first-order chi connectivity index (χ1) is 14.5. The van der Waals surface area contributed by atoms with Gasteiger partial charge in [0.25, 0.3) is 0 Å². The number of fused-ring (bicyclic) bond motifs is 1. The number of guanidine groups is 1. The minimum Gasteiger partial charge on any atom is -0.492 e. The van der Waals surface area contributed by atoms with Gasteiger partial charge in [-0.3, -0.25) is 9.79 Å². The lowest BCUT2D eigenvalue weighted by atomic mass is 9.90. The van der Waals surface area contributed by atoms with Gasteiger partial charge in [-0.2, -0.15) is 0 Å². The van der Waals surface area contributed by atoms with Gasteiger partial charge < -0.3 is 25.6 Å². The topological polar surface area (TPSA) is 78.0 Å². The normalized spacial score (nSPS) is 16.1. The molecule has 3 rings (SSSR count). The molecule has 1 aliphatic rings. The van der Waals surface area contributed by atoms with Gasteiger partial charge >= 0.3 is 0 Å². The van der Waals surface area contributed by atoms with E-state index in [2.05, 4.69) is 38.0 Å². The number of aliphatic imine (C=N–C) groups is 1. The largest absolute Gasteiger partial charge is 0.492 e. The van der Waals surface area contributed by atoms with Gasteiger partial charge in [0.15, 0.2) is 5.96 Å². The Morgan fingerprint density at radius 2 is 2.03 bits per heavy atom. The van der Waals surface area contributed by atoms with Crippen molar-refractivity contribution in [3.63, 3.8) is 0 Å². The number of rotatable bonds is 8. The smallest absolute Gasteiger partial charge is 0.225 e. The predicted octanol–water partition coefficient (Wildman–Crippen LogP) is 2.42. The van der Waals surface area contributed by atoms with Crippen LogP contribution in [0.5, 0.6) is 5.75 Å². The Morgan fingerprint density at radius 1 is 1.20 bits per heavy atom. The van der Waals surface area contributed by atoms with Gasteiger partial charge in [0.05, 0.1) is 0 Å². The number of benzene rings is 2. The quantitative estimate of drug-likeness (QED) is 0.461. The number of nitrogens with one attached hydrogen (secondary N) is 3. The van der Waals surface area contributed by atoms with Crippen LogP contribution in [0.15, 0.2) is 53.5 Å². The third-order valence-corrected chi connectivity index (χ3v) is 5.01. The standard InChI is InChI=1S/C23H31N5O2/c1-24-23(25-15-17-7-6-8-19(13-17)30-12-11-28(2)3)26-16-18-14-22(29)27-21-10-5-4-9-20(18)21/h4-10,13,18H,11-12,14-16H2,1-3H3,(H,27,29)(H2,24,25,26). The lowest BCUT2D eigenvalue weighted by Crippen LogP contribution is -2.40. The van der Waals surface area contributed by atoms with E-state index in [1.54, 1.807) is 7.05 Å². The molecule has 0 bridgehead atoms. The van der Waals surface area contributed by atoms with Gasteiger partial charge in [0, 0.05) is 44.7 Å². The Morgan fingerprint density at radius 3 is 2.83 bits per heavy atom. The lowest BCUT2D eigenvalue weighted by Gasteiger charge is -2.26. The molecule has 30 heavy (non-hydrogen) atoms. The van der Waals surface area contributed by atoms with Gasteiger partial charge in [-0.25, -0.2) is 0 Å². The van der Waals surface area contributed by atoms with E-state index in [0.717, 1.165) is 29.1 Å². The van der Waals surface area contributed by atoms with Crippen LogP contribution in [0.1, 0.15) is 23.5 Å². The maximum atomic E-state index is 12.0. The van der Waals surface area contributed by atoms with Crippen molar-refractivity contribution in [2.45, 2.75) is 18.9 Å². The van der Waals surface area contributed by atoms with Crippen LogP contribution in [-0.2, 0) is 11.3 Å². The van der Waals surface area contributed by atoms with E-state index < -0.39 is 0 Å². The minimum absolute atomic E-state index is 0.0505. The highest BCUT2D eigenvalue weighted by Crippen LogP contribution is 2.31. The number of nitrogens with zero attached hydrogens (tertiary/aromatic N) is 2. The second-order valence-corrected chi connectivity index (χ2v) is 7.64. The van der Waals surface area contributed by atoms with Crippen molar-refractivity contribution in [1.82, 2.24) is 15.5 Å². The molecule has 0 saturated carbocycles. The van der Waals surface area contributed by atoms with E-state index in [0.29, 0.717) is 32.1 Å². The molecule has 3 N–H and O–H groups in total. The molecule has 0 saturated heterocycles. The molecule has 0 radical (unpaired) electrons. The van der Waals surface area contributed by atoms with E-state index in [1.165, 1.54) is 0 Å². The van der Waals surface area contributed by atoms with E-state index in [4.69, 9.17) is 4.74 Å². The summed E-state index contributed by atoms with van der Waals surface area (Å²) < 4.78 is 5.81. The van der Waals surface area contributed by atoms with Gasteiger partial charge in [0.1, 0.15) is 12.4 Å². The zero-order chi connectivity index (χ0) is 21.3. The molecule has 160 valence electrons. The van der Waals surface area contributed by atoms with Gasteiger partial charge in [-0.1, -0.05) is 30.3 Å². The molecular formula is C23H31N5O2. The van der Waals surface area contributed by atoms with Crippen molar-refractivity contribution in [2.75, 3.05) is 46.2 Å².